The average Bonchev–Trinajstić information content (AvgIpc) is 3.05. The number of hydrogen-bond acceptors (Lipinski definition) is 2. The van der Waals surface area contributed by atoms with E-state index in [9.17, 15) is 4.79 Å². The van der Waals surface area contributed by atoms with E-state index in [1.54, 1.807) is 0 Å². The van der Waals surface area contributed by atoms with E-state index in [1.165, 1.54) is 32.1 Å². The van der Waals surface area contributed by atoms with Gasteiger partial charge in [-0.05, 0) is 61.2 Å². The molecule has 6 atom stereocenters. The van der Waals surface area contributed by atoms with Crippen molar-refractivity contribution in [1.82, 2.24) is 5.32 Å². The van der Waals surface area contributed by atoms with Gasteiger partial charge in [-0.25, -0.2) is 0 Å². The molecule has 3 aliphatic carbocycles. The Bertz CT molecular complexity index is 401. The van der Waals surface area contributed by atoms with Gasteiger partial charge in [-0.1, -0.05) is 27.2 Å². The zero-order valence-electron chi connectivity index (χ0n) is 13.9. The first kappa shape index (κ1) is 15.3. The molecule has 0 aromatic heterocycles. The van der Waals surface area contributed by atoms with E-state index in [-0.39, 0.29) is 17.2 Å². The number of amides is 1. The molecule has 0 aromatic rings. The molecule has 0 spiro atoms. The van der Waals surface area contributed by atoms with Gasteiger partial charge in [0.15, 0.2) is 0 Å². The van der Waals surface area contributed by atoms with Gasteiger partial charge in [-0.15, -0.1) is 0 Å². The summed E-state index contributed by atoms with van der Waals surface area (Å²) in [5.74, 6) is 3.74. The summed E-state index contributed by atoms with van der Waals surface area (Å²) in [6.07, 6.45) is 7.74. The number of rotatable bonds is 4. The molecule has 3 fully saturated rings. The molecule has 3 N–H and O–H groups in total. The van der Waals surface area contributed by atoms with Gasteiger partial charge in [0.05, 0.1) is 5.92 Å². The van der Waals surface area contributed by atoms with E-state index in [4.69, 9.17) is 5.73 Å². The maximum atomic E-state index is 12.6. The molecule has 3 rings (SSSR count). The molecule has 2 bridgehead atoms. The van der Waals surface area contributed by atoms with Crippen molar-refractivity contribution in [2.75, 3.05) is 6.54 Å². The minimum atomic E-state index is -0.0245. The molecule has 0 radical (unpaired) electrons. The highest BCUT2D eigenvalue weighted by Gasteiger charge is 2.54. The predicted molar refractivity (Wildman–Crippen MR) is 85.6 cm³/mol. The second kappa shape index (κ2) is 5.57. The molecule has 21 heavy (non-hydrogen) atoms. The average molecular weight is 292 g/mol. The molecule has 0 aliphatic heterocycles. The maximum Gasteiger partial charge on any atom is 0.224 e. The van der Waals surface area contributed by atoms with E-state index in [1.807, 2.05) is 0 Å². The van der Waals surface area contributed by atoms with Gasteiger partial charge in [0.1, 0.15) is 0 Å². The Morgan fingerprint density at radius 2 is 1.90 bits per heavy atom. The summed E-state index contributed by atoms with van der Waals surface area (Å²) in [4.78, 5) is 12.6. The molecule has 3 heteroatoms. The van der Waals surface area contributed by atoms with Crippen LogP contribution in [-0.2, 0) is 4.79 Å². The highest BCUT2D eigenvalue weighted by molar-refractivity contribution is 5.79. The Balaban J connectivity index is 1.58. The molecular formula is C18H32N2O. The summed E-state index contributed by atoms with van der Waals surface area (Å²) < 4.78 is 0. The number of carbonyl (C=O) groups excluding carboxylic acids is 1. The van der Waals surface area contributed by atoms with E-state index in [2.05, 4.69) is 26.1 Å². The molecule has 0 saturated heterocycles. The van der Waals surface area contributed by atoms with Crippen LogP contribution in [0.25, 0.3) is 0 Å². The van der Waals surface area contributed by atoms with E-state index in [0.717, 1.165) is 30.1 Å². The zero-order chi connectivity index (χ0) is 15.2. The third-order valence-corrected chi connectivity index (χ3v) is 6.27. The number of carbonyl (C=O) groups is 1. The van der Waals surface area contributed by atoms with Crippen LogP contribution in [0.2, 0.25) is 0 Å². The second-order valence-electron chi connectivity index (χ2n) is 8.97. The van der Waals surface area contributed by atoms with Crippen LogP contribution in [0.1, 0.15) is 59.3 Å². The summed E-state index contributed by atoms with van der Waals surface area (Å²) in [5, 5.41) is 3.38. The molecule has 0 heterocycles. The van der Waals surface area contributed by atoms with E-state index >= 15 is 0 Å². The van der Waals surface area contributed by atoms with Gasteiger partial charge >= 0.3 is 0 Å². The van der Waals surface area contributed by atoms with Crippen molar-refractivity contribution in [1.29, 1.82) is 0 Å². The van der Waals surface area contributed by atoms with Gasteiger partial charge in [0, 0.05) is 12.6 Å². The lowest BCUT2D eigenvalue weighted by Crippen LogP contribution is -2.46. The van der Waals surface area contributed by atoms with Crippen molar-refractivity contribution in [3.63, 3.8) is 0 Å². The van der Waals surface area contributed by atoms with E-state index in [0.29, 0.717) is 12.6 Å². The first-order valence-electron chi connectivity index (χ1n) is 8.89. The number of nitrogens with two attached hydrogens (primary N) is 1. The van der Waals surface area contributed by atoms with Crippen molar-refractivity contribution in [2.24, 2.45) is 40.7 Å². The highest BCUT2D eigenvalue weighted by Crippen LogP contribution is 2.58. The summed E-state index contributed by atoms with van der Waals surface area (Å²) in [6.45, 7) is 7.02. The minimum Gasteiger partial charge on any atom is -0.353 e. The van der Waals surface area contributed by atoms with Crippen LogP contribution in [0.5, 0.6) is 0 Å². The SMILES string of the molecule is CC(C)(C)CC(CN)C(=O)NC1CC2CC1C1CCCC21. The first-order chi connectivity index (χ1) is 9.89. The van der Waals surface area contributed by atoms with Crippen molar-refractivity contribution in [2.45, 2.75) is 65.3 Å². The van der Waals surface area contributed by atoms with Crippen molar-refractivity contribution < 1.29 is 4.79 Å². The highest BCUT2D eigenvalue weighted by atomic mass is 16.2. The fraction of sp³-hybridized carbons (Fsp3) is 0.944. The van der Waals surface area contributed by atoms with Gasteiger partial charge in [-0.3, -0.25) is 4.79 Å². The fourth-order valence-electron chi connectivity index (χ4n) is 5.56. The standard InChI is InChI=1S/C18H32N2O/c1-18(2,3)9-12(10-19)17(21)20-16-8-11-7-15(16)14-6-4-5-13(11)14/h11-16H,4-10,19H2,1-3H3,(H,20,21). The molecule has 6 unspecified atom stereocenters. The molecule has 3 saturated carbocycles. The van der Waals surface area contributed by atoms with Gasteiger partial charge < -0.3 is 11.1 Å². The lowest BCUT2D eigenvalue weighted by Gasteiger charge is -2.33. The van der Waals surface area contributed by atoms with Crippen LogP contribution >= 0.6 is 0 Å². The predicted octanol–water partition coefficient (Wildman–Crippen LogP) is 2.94. The first-order valence-corrected chi connectivity index (χ1v) is 8.89. The Morgan fingerprint density at radius 3 is 2.57 bits per heavy atom. The van der Waals surface area contributed by atoms with Crippen LogP contribution in [0, 0.1) is 35.0 Å². The number of nitrogens with one attached hydrogen (secondary N) is 1. The monoisotopic (exact) mass is 292 g/mol. The topological polar surface area (TPSA) is 55.1 Å². The molecule has 1 amide bonds. The lowest BCUT2D eigenvalue weighted by molar-refractivity contribution is -0.126. The summed E-state index contributed by atoms with van der Waals surface area (Å²) in [7, 11) is 0. The van der Waals surface area contributed by atoms with Gasteiger partial charge in [-0.2, -0.15) is 0 Å². The third-order valence-electron chi connectivity index (χ3n) is 6.27. The van der Waals surface area contributed by atoms with Crippen LogP contribution in [0.4, 0.5) is 0 Å². The van der Waals surface area contributed by atoms with Crippen LogP contribution in [0.3, 0.4) is 0 Å². The van der Waals surface area contributed by atoms with Crippen molar-refractivity contribution in [3.05, 3.63) is 0 Å². The minimum absolute atomic E-state index is 0.0245. The molecular weight excluding hydrogens is 260 g/mol. The number of fused-ring (bicyclic) bond motifs is 5. The third kappa shape index (κ3) is 2.99. The van der Waals surface area contributed by atoms with Gasteiger partial charge in [0.2, 0.25) is 5.91 Å². The Labute approximate surface area is 129 Å². The second-order valence-corrected chi connectivity index (χ2v) is 8.97. The quantitative estimate of drug-likeness (QED) is 0.837. The van der Waals surface area contributed by atoms with Crippen LogP contribution in [-0.4, -0.2) is 18.5 Å². The van der Waals surface area contributed by atoms with Crippen molar-refractivity contribution in [3.8, 4) is 0 Å². The molecule has 3 nitrogen and oxygen atoms in total. The van der Waals surface area contributed by atoms with Crippen molar-refractivity contribution >= 4 is 5.91 Å². The van der Waals surface area contributed by atoms with Crippen LogP contribution < -0.4 is 11.1 Å². The van der Waals surface area contributed by atoms with Crippen LogP contribution in [0.15, 0.2) is 0 Å². The Morgan fingerprint density at radius 1 is 1.19 bits per heavy atom. The van der Waals surface area contributed by atoms with Gasteiger partial charge in [0.25, 0.3) is 0 Å². The number of hydrogen-bond donors (Lipinski definition) is 2. The molecule has 120 valence electrons. The Kier molecular flexibility index (Phi) is 4.06. The largest absolute Gasteiger partial charge is 0.353 e. The summed E-state index contributed by atoms with van der Waals surface area (Å²) >= 11 is 0. The van der Waals surface area contributed by atoms with E-state index < -0.39 is 0 Å². The normalized spacial score (nSPS) is 39.3. The summed E-state index contributed by atoms with van der Waals surface area (Å²) in [5.41, 5.74) is 6.02. The fourth-order valence-corrected chi connectivity index (χ4v) is 5.56. The lowest BCUT2D eigenvalue weighted by atomic mass is 9.78. The molecule has 3 aliphatic rings. The summed E-state index contributed by atoms with van der Waals surface area (Å²) in [6, 6.07) is 0.441. The zero-order valence-corrected chi connectivity index (χ0v) is 13.9. The maximum absolute atomic E-state index is 12.6. The smallest absolute Gasteiger partial charge is 0.224 e. The Hall–Kier alpha value is -0.570. The molecule has 0 aromatic carbocycles.